The van der Waals surface area contributed by atoms with E-state index in [0.29, 0.717) is 25.9 Å². The molecule has 3 heterocycles. The molecule has 0 bridgehead atoms. The standard InChI is InChI=1S/C21H33N7O4S/c1-14(2)23-21(29)32-17-5-4-15(10-17)19-11-20(26-25-19)24-16-6-8-28(9-7-16)33(30,31)18-12-22-27(3)13-18/h11-17H,4-10H2,1-3H3,(H,23,29)(H2,24,25,26)/t15-,17+/m0/s1. The Morgan fingerprint density at radius 1 is 1.24 bits per heavy atom. The SMILES string of the molecule is CC(C)NC(=O)O[C@@H]1CC[C@H](c2cc(NC3CCN(S(=O)(=O)c4cnn(C)c4)CC3)n[nH]2)C1. The van der Waals surface area contributed by atoms with Gasteiger partial charge < -0.3 is 15.4 Å². The average molecular weight is 480 g/mol. The van der Waals surface area contributed by atoms with Crippen LogP contribution in [0, 0.1) is 0 Å². The van der Waals surface area contributed by atoms with Gasteiger partial charge in [-0.2, -0.15) is 14.5 Å². The van der Waals surface area contributed by atoms with Crippen molar-refractivity contribution in [2.24, 2.45) is 7.05 Å². The summed E-state index contributed by atoms with van der Waals surface area (Å²) >= 11 is 0. The molecule has 12 heteroatoms. The number of aryl methyl sites for hydroxylation is 1. The number of carbonyl (C=O) groups excluding carboxylic acids is 1. The molecule has 2 aromatic heterocycles. The topological polar surface area (TPSA) is 134 Å². The number of alkyl carbamates (subject to hydrolysis) is 1. The fraction of sp³-hybridized carbons (Fsp3) is 0.667. The van der Waals surface area contributed by atoms with Crippen molar-refractivity contribution in [2.45, 2.75) is 75.0 Å². The maximum Gasteiger partial charge on any atom is 0.407 e. The minimum Gasteiger partial charge on any atom is -0.446 e. The number of sulfonamides is 1. The van der Waals surface area contributed by atoms with E-state index in [1.54, 1.807) is 7.05 Å². The van der Waals surface area contributed by atoms with Crippen molar-refractivity contribution in [3.05, 3.63) is 24.2 Å². The van der Waals surface area contributed by atoms with E-state index in [1.165, 1.54) is 21.4 Å². The molecule has 182 valence electrons. The van der Waals surface area contributed by atoms with Crippen molar-refractivity contribution >= 4 is 21.9 Å². The molecule has 3 N–H and O–H groups in total. The zero-order chi connectivity index (χ0) is 23.6. The van der Waals surface area contributed by atoms with E-state index in [9.17, 15) is 13.2 Å². The Bertz CT molecular complexity index is 1060. The van der Waals surface area contributed by atoms with Crippen LogP contribution in [0.1, 0.15) is 57.6 Å². The van der Waals surface area contributed by atoms with Gasteiger partial charge >= 0.3 is 6.09 Å². The number of nitrogens with one attached hydrogen (secondary N) is 3. The zero-order valence-electron chi connectivity index (χ0n) is 19.3. The molecule has 1 aliphatic carbocycles. The number of amides is 1. The number of carbonyl (C=O) groups is 1. The number of ether oxygens (including phenoxy) is 1. The highest BCUT2D eigenvalue weighted by Gasteiger charge is 2.32. The van der Waals surface area contributed by atoms with E-state index in [-0.39, 0.29) is 35.1 Å². The number of anilines is 1. The number of aromatic amines is 1. The lowest BCUT2D eigenvalue weighted by Gasteiger charge is -2.31. The van der Waals surface area contributed by atoms with Crippen molar-refractivity contribution in [3.8, 4) is 0 Å². The molecule has 33 heavy (non-hydrogen) atoms. The van der Waals surface area contributed by atoms with Gasteiger partial charge in [0.2, 0.25) is 10.0 Å². The fourth-order valence-electron chi connectivity index (χ4n) is 4.50. The molecular weight excluding hydrogens is 446 g/mol. The highest BCUT2D eigenvalue weighted by molar-refractivity contribution is 7.89. The molecule has 11 nitrogen and oxygen atoms in total. The summed E-state index contributed by atoms with van der Waals surface area (Å²) in [6.45, 7) is 4.71. The second-order valence-electron chi connectivity index (χ2n) is 9.22. The average Bonchev–Trinajstić information content (AvgIpc) is 3.49. The first-order valence-electron chi connectivity index (χ1n) is 11.5. The maximum atomic E-state index is 12.8. The highest BCUT2D eigenvalue weighted by atomic mass is 32.2. The lowest BCUT2D eigenvalue weighted by Crippen LogP contribution is -2.42. The van der Waals surface area contributed by atoms with Crippen LogP contribution in [-0.2, 0) is 21.8 Å². The monoisotopic (exact) mass is 479 g/mol. The summed E-state index contributed by atoms with van der Waals surface area (Å²) in [4.78, 5) is 12.1. The van der Waals surface area contributed by atoms with Crippen LogP contribution in [0.2, 0.25) is 0 Å². The molecule has 2 aromatic rings. The highest BCUT2D eigenvalue weighted by Crippen LogP contribution is 2.36. The lowest BCUT2D eigenvalue weighted by molar-refractivity contribution is 0.0981. The van der Waals surface area contributed by atoms with Gasteiger partial charge in [-0.1, -0.05) is 0 Å². The summed E-state index contributed by atoms with van der Waals surface area (Å²) in [5.74, 6) is 1.04. The number of hydrogen-bond donors (Lipinski definition) is 3. The first-order valence-corrected chi connectivity index (χ1v) is 12.9. The number of H-pyrrole nitrogens is 1. The Hall–Kier alpha value is -2.60. The predicted molar refractivity (Wildman–Crippen MR) is 122 cm³/mol. The molecule has 1 amide bonds. The molecule has 0 aromatic carbocycles. The third-order valence-electron chi connectivity index (χ3n) is 6.23. The van der Waals surface area contributed by atoms with Crippen LogP contribution in [0.25, 0.3) is 0 Å². The smallest absolute Gasteiger partial charge is 0.407 e. The van der Waals surface area contributed by atoms with E-state index in [1.807, 2.05) is 19.9 Å². The summed E-state index contributed by atoms with van der Waals surface area (Å²) in [7, 11) is -1.80. The lowest BCUT2D eigenvalue weighted by atomic mass is 10.0. The van der Waals surface area contributed by atoms with Gasteiger partial charge in [-0.25, -0.2) is 13.2 Å². The largest absolute Gasteiger partial charge is 0.446 e. The third kappa shape index (κ3) is 5.67. The van der Waals surface area contributed by atoms with Crippen molar-refractivity contribution in [1.82, 2.24) is 29.6 Å². The number of aromatic nitrogens is 4. The Kier molecular flexibility index (Phi) is 6.94. The summed E-state index contributed by atoms with van der Waals surface area (Å²) in [6, 6.07) is 2.22. The molecule has 2 fully saturated rings. The van der Waals surface area contributed by atoms with Crippen LogP contribution in [0.4, 0.5) is 10.6 Å². The summed E-state index contributed by atoms with van der Waals surface area (Å²) in [6.07, 6.45) is 6.42. The maximum absolute atomic E-state index is 12.8. The minimum atomic E-state index is -3.51. The van der Waals surface area contributed by atoms with Crippen molar-refractivity contribution < 1.29 is 17.9 Å². The molecule has 1 saturated heterocycles. The predicted octanol–water partition coefficient (Wildman–Crippen LogP) is 2.18. The van der Waals surface area contributed by atoms with Crippen molar-refractivity contribution in [1.29, 1.82) is 0 Å². The molecular formula is C21H33N7O4S. The van der Waals surface area contributed by atoms with Gasteiger partial charge in [0.25, 0.3) is 0 Å². The molecule has 2 aliphatic rings. The number of hydrogen-bond acceptors (Lipinski definition) is 7. The van der Waals surface area contributed by atoms with Crippen LogP contribution in [0.5, 0.6) is 0 Å². The summed E-state index contributed by atoms with van der Waals surface area (Å²) in [5, 5.41) is 17.7. The first-order chi connectivity index (χ1) is 15.7. The van der Waals surface area contributed by atoms with Gasteiger partial charge in [0, 0.05) is 56.1 Å². The van der Waals surface area contributed by atoms with Crippen LogP contribution < -0.4 is 10.6 Å². The Balaban J connectivity index is 1.26. The van der Waals surface area contributed by atoms with Crippen molar-refractivity contribution in [3.63, 3.8) is 0 Å². The molecule has 0 unspecified atom stereocenters. The van der Waals surface area contributed by atoms with E-state index in [2.05, 4.69) is 25.9 Å². The second kappa shape index (κ2) is 9.72. The van der Waals surface area contributed by atoms with Crippen LogP contribution in [0.15, 0.2) is 23.4 Å². The van der Waals surface area contributed by atoms with Crippen LogP contribution in [0.3, 0.4) is 0 Å². The molecule has 4 rings (SSSR count). The van der Waals surface area contributed by atoms with Gasteiger partial charge in [0.15, 0.2) is 0 Å². The number of piperidine rings is 1. The Morgan fingerprint density at radius 3 is 2.67 bits per heavy atom. The fourth-order valence-corrected chi connectivity index (χ4v) is 5.96. The van der Waals surface area contributed by atoms with E-state index in [4.69, 9.17) is 4.74 Å². The van der Waals surface area contributed by atoms with Gasteiger partial charge in [-0.15, -0.1) is 0 Å². The first kappa shape index (κ1) is 23.6. The van der Waals surface area contributed by atoms with E-state index in [0.717, 1.165) is 30.8 Å². The molecule has 2 atom stereocenters. The molecule has 1 aliphatic heterocycles. The Morgan fingerprint density at radius 2 is 2.00 bits per heavy atom. The second-order valence-corrected chi connectivity index (χ2v) is 11.2. The Labute approximate surface area is 194 Å². The van der Waals surface area contributed by atoms with Crippen LogP contribution >= 0.6 is 0 Å². The van der Waals surface area contributed by atoms with Crippen molar-refractivity contribution in [2.75, 3.05) is 18.4 Å². The zero-order valence-corrected chi connectivity index (χ0v) is 20.1. The van der Waals surface area contributed by atoms with E-state index < -0.39 is 10.0 Å². The molecule has 0 spiro atoms. The minimum absolute atomic E-state index is 0.0539. The summed E-state index contributed by atoms with van der Waals surface area (Å²) < 4.78 is 34.1. The molecule has 0 radical (unpaired) electrons. The van der Waals surface area contributed by atoms with Gasteiger partial charge in [0.05, 0.1) is 6.20 Å². The van der Waals surface area contributed by atoms with Crippen LogP contribution in [-0.4, -0.2) is 70.1 Å². The van der Waals surface area contributed by atoms with Gasteiger partial charge in [0.1, 0.15) is 16.8 Å². The van der Waals surface area contributed by atoms with Gasteiger partial charge in [-0.3, -0.25) is 9.78 Å². The quantitative estimate of drug-likeness (QED) is 0.554. The molecule has 1 saturated carbocycles. The van der Waals surface area contributed by atoms with Gasteiger partial charge in [-0.05, 0) is 46.0 Å². The third-order valence-corrected chi connectivity index (χ3v) is 8.08. The van der Waals surface area contributed by atoms with E-state index >= 15 is 0 Å². The number of nitrogens with zero attached hydrogens (tertiary/aromatic N) is 4. The number of rotatable bonds is 7. The summed E-state index contributed by atoms with van der Waals surface area (Å²) in [5.41, 5.74) is 1.03. The normalized spacial score (nSPS) is 22.5.